The molecule has 2 aromatic carbocycles. The second-order valence-corrected chi connectivity index (χ2v) is 7.78. The van der Waals surface area contributed by atoms with Crippen molar-refractivity contribution in [3.05, 3.63) is 35.9 Å². The van der Waals surface area contributed by atoms with Crippen LogP contribution in [0.2, 0.25) is 0 Å². The Kier molecular flexibility index (Phi) is 5.34. The van der Waals surface area contributed by atoms with Gasteiger partial charge in [0.1, 0.15) is 4.90 Å². The van der Waals surface area contributed by atoms with Crippen molar-refractivity contribution in [1.82, 2.24) is 4.72 Å². The molecule has 0 aliphatic carbocycles. The Labute approximate surface area is 163 Å². The van der Waals surface area contributed by atoms with Crippen LogP contribution in [0.4, 0.5) is 11.4 Å². The molecule has 0 bridgehead atoms. The van der Waals surface area contributed by atoms with Gasteiger partial charge in [-0.3, -0.25) is 4.79 Å². The normalized spacial score (nSPS) is 17.1. The van der Waals surface area contributed by atoms with Crippen molar-refractivity contribution in [2.75, 3.05) is 32.0 Å². The van der Waals surface area contributed by atoms with Crippen LogP contribution < -0.4 is 29.6 Å². The zero-order valence-corrected chi connectivity index (χ0v) is 16.6. The third kappa shape index (κ3) is 3.69. The highest BCUT2D eigenvalue weighted by molar-refractivity contribution is 7.89. The summed E-state index contributed by atoms with van der Waals surface area (Å²) in [7, 11) is 0.561. The number of aryl methyl sites for hydroxylation is 1. The van der Waals surface area contributed by atoms with E-state index in [1.165, 1.54) is 27.4 Å². The maximum absolute atomic E-state index is 12.7. The molecule has 0 spiro atoms. The molecule has 1 amide bonds. The average molecular weight is 407 g/mol. The molecule has 150 valence electrons. The molecule has 1 aliphatic heterocycles. The minimum absolute atomic E-state index is 0.0925. The number of methoxy groups -OCH3 is 3. The summed E-state index contributed by atoms with van der Waals surface area (Å²) in [4.78, 5) is 12.8. The molecule has 0 fully saturated rings. The van der Waals surface area contributed by atoms with E-state index >= 15 is 0 Å². The van der Waals surface area contributed by atoms with Gasteiger partial charge >= 0.3 is 0 Å². The summed E-state index contributed by atoms with van der Waals surface area (Å²) >= 11 is 0. The lowest BCUT2D eigenvalue weighted by Crippen LogP contribution is -2.51. The first kappa shape index (κ1) is 19.8. The van der Waals surface area contributed by atoms with E-state index in [0.29, 0.717) is 28.6 Å². The molecule has 1 unspecified atom stereocenters. The number of fused-ring (bicyclic) bond motifs is 1. The molecule has 1 atom stereocenters. The highest BCUT2D eigenvalue weighted by Gasteiger charge is 2.33. The Hall–Kier alpha value is -2.98. The van der Waals surface area contributed by atoms with Gasteiger partial charge in [0, 0.05) is 17.8 Å². The van der Waals surface area contributed by atoms with Gasteiger partial charge in [-0.05, 0) is 24.6 Å². The molecule has 9 nitrogen and oxygen atoms in total. The lowest BCUT2D eigenvalue weighted by molar-refractivity contribution is -0.117. The van der Waals surface area contributed by atoms with Crippen LogP contribution in [0.5, 0.6) is 17.2 Å². The Morgan fingerprint density at radius 1 is 1.04 bits per heavy atom. The third-order valence-electron chi connectivity index (χ3n) is 4.19. The van der Waals surface area contributed by atoms with Crippen molar-refractivity contribution in [2.45, 2.75) is 18.0 Å². The molecule has 28 heavy (non-hydrogen) atoms. The van der Waals surface area contributed by atoms with E-state index < -0.39 is 22.1 Å². The molecule has 1 aliphatic rings. The Morgan fingerprint density at radius 3 is 2.25 bits per heavy atom. The summed E-state index contributed by atoms with van der Waals surface area (Å²) in [5.41, 5.74) is 1.59. The van der Waals surface area contributed by atoms with Gasteiger partial charge in [0.2, 0.25) is 15.8 Å². The molecule has 3 rings (SSSR count). The highest BCUT2D eigenvalue weighted by Crippen LogP contribution is 2.40. The predicted octanol–water partition coefficient (Wildman–Crippen LogP) is 1.69. The molecule has 10 heteroatoms. The highest BCUT2D eigenvalue weighted by atomic mass is 32.2. The lowest BCUT2D eigenvalue weighted by atomic mass is 10.2. The molecule has 1 heterocycles. The fourth-order valence-corrected chi connectivity index (χ4v) is 4.14. The van der Waals surface area contributed by atoms with Gasteiger partial charge in [-0.25, -0.2) is 8.42 Å². The number of hydrogen-bond acceptors (Lipinski definition) is 7. The van der Waals surface area contributed by atoms with Crippen LogP contribution in [0.3, 0.4) is 0 Å². The van der Waals surface area contributed by atoms with Gasteiger partial charge in [0.05, 0.1) is 27.0 Å². The van der Waals surface area contributed by atoms with E-state index in [2.05, 4.69) is 15.4 Å². The van der Waals surface area contributed by atoms with Crippen LogP contribution in [-0.2, 0) is 14.8 Å². The predicted molar refractivity (Wildman–Crippen MR) is 104 cm³/mol. The smallest absolute Gasteiger partial charge is 0.262 e. The number of carbonyl (C=O) groups excluding carboxylic acids is 1. The summed E-state index contributed by atoms with van der Waals surface area (Å²) in [6.07, 6.45) is -1.18. The summed E-state index contributed by atoms with van der Waals surface area (Å²) in [5.74, 6) is 0.500. The summed E-state index contributed by atoms with van der Waals surface area (Å²) in [6, 6.07) is 7.96. The molecule has 0 aromatic heterocycles. The molecule has 2 aromatic rings. The topological polar surface area (TPSA) is 115 Å². The van der Waals surface area contributed by atoms with Gasteiger partial charge in [-0.15, -0.1) is 0 Å². The number of ether oxygens (including phenoxy) is 3. The Bertz CT molecular complexity index is 997. The van der Waals surface area contributed by atoms with Crippen LogP contribution in [0, 0.1) is 6.92 Å². The summed E-state index contributed by atoms with van der Waals surface area (Å²) in [5, 5.41) is 5.56. The van der Waals surface area contributed by atoms with E-state index in [1.807, 2.05) is 6.92 Å². The number of sulfonamides is 1. The average Bonchev–Trinajstić information content (AvgIpc) is 2.65. The third-order valence-corrected chi connectivity index (χ3v) is 5.67. The van der Waals surface area contributed by atoms with Gasteiger partial charge in [0.25, 0.3) is 5.91 Å². The maximum Gasteiger partial charge on any atom is 0.262 e. The molecular formula is C18H21N3O6S. The van der Waals surface area contributed by atoms with Gasteiger partial charge < -0.3 is 24.8 Å². The maximum atomic E-state index is 12.7. The van der Waals surface area contributed by atoms with Gasteiger partial charge in [0.15, 0.2) is 17.7 Å². The Balaban J connectivity index is 1.88. The number of nitrogens with one attached hydrogen (secondary N) is 3. The number of hydrogen-bond donors (Lipinski definition) is 3. The number of amides is 1. The first-order valence-corrected chi connectivity index (χ1v) is 9.77. The quantitative estimate of drug-likeness (QED) is 0.691. The molecule has 3 N–H and O–H groups in total. The van der Waals surface area contributed by atoms with Crippen molar-refractivity contribution in [3.63, 3.8) is 0 Å². The van der Waals surface area contributed by atoms with Crippen molar-refractivity contribution in [1.29, 1.82) is 0 Å². The standard InChI is InChI=1S/C18H21N3O6S/c1-10-5-6-15-12(7-10)20-17(21-28(15,23)24)18(22)19-11-8-13(25-2)16(27-4)14(9-11)26-3/h5-9,17,20-21H,1-4H3,(H,19,22). The minimum atomic E-state index is -3.82. The monoisotopic (exact) mass is 407 g/mol. The number of rotatable bonds is 5. The van der Waals surface area contributed by atoms with E-state index in [1.54, 1.807) is 24.3 Å². The molecular weight excluding hydrogens is 386 g/mol. The Morgan fingerprint density at radius 2 is 1.68 bits per heavy atom. The van der Waals surface area contributed by atoms with E-state index in [-0.39, 0.29) is 4.90 Å². The molecule has 0 radical (unpaired) electrons. The van der Waals surface area contributed by atoms with E-state index in [0.717, 1.165) is 5.56 Å². The van der Waals surface area contributed by atoms with Gasteiger partial charge in [-0.2, -0.15) is 4.72 Å². The largest absolute Gasteiger partial charge is 0.493 e. The molecule has 0 saturated heterocycles. The van der Waals surface area contributed by atoms with E-state index in [9.17, 15) is 13.2 Å². The minimum Gasteiger partial charge on any atom is -0.493 e. The first-order valence-electron chi connectivity index (χ1n) is 8.29. The van der Waals surface area contributed by atoms with Crippen molar-refractivity contribution < 1.29 is 27.4 Å². The zero-order chi connectivity index (χ0) is 20.5. The van der Waals surface area contributed by atoms with Crippen LogP contribution in [0.25, 0.3) is 0 Å². The number of carbonyl (C=O) groups is 1. The summed E-state index contributed by atoms with van der Waals surface area (Å²) in [6.45, 7) is 1.83. The SMILES string of the molecule is COc1cc(NC(=O)C2Nc3cc(C)ccc3S(=O)(=O)N2)cc(OC)c1OC. The molecule has 0 saturated carbocycles. The van der Waals surface area contributed by atoms with E-state index in [4.69, 9.17) is 14.2 Å². The second kappa shape index (κ2) is 7.56. The number of benzene rings is 2. The van der Waals surface area contributed by atoms with Crippen LogP contribution in [0.15, 0.2) is 35.2 Å². The summed E-state index contributed by atoms with van der Waals surface area (Å²) < 4.78 is 43.0. The fraction of sp³-hybridized carbons (Fsp3) is 0.278. The lowest BCUT2D eigenvalue weighted by Gasteiger charge is -2.27. The van der Waals surface area contributed by atoms with Gasteiger partial charge in [-0.1, -0.05) is 6.07 Å². The fourth-order valence-electron chi connectivity index (χ4n) is 2.88. The van der Waals surface area contributed by atoms with Crippen molar-refractivity contribution in [3.8, 4) is 17.2 Å². The second-order valence-electron chi connectivity index (χ2n) is 6.10. The zero-order valence-electron chi connectivity index (χ0n) is 15.8. The van der Waals surface area contributed by atoms with Crippen molar-refractivity contribution >= 4 is 27.3 Å². The van der Waals surface area contributed by atoms with Crippen LogP contribution in [0.1, 0.15) is 5.56 Å². The van der Waals surface area contributed by atoms with Crippen LogP contribution in [-0.4, -0.2) is 41.8 Å². The van der Waals surface area contributed by atoms with Crippen LogP contribution >= 0.6 is 0 Å². The first-order chi connectivity index (χ1) is 13.3. The van der Waals surface area contributed by atoms with Crippen molar-refractivity contribution in [2.24, 2.45) is 0 Å². The number of anilines is 2.